The summed E-state index contributed by atoms with van der Waals surface area (Å²) in [4.78, 5) is 0. The first-order chi connectivity index (χ1) is 2.56. The summed E-state index contributed by atoms with van der Waals surface area (Å²) in [6.07, 6.45) is 1.01. The number of rotatable bonds is 1. The first-order valence-corrected chi connectivity index (χ1v) is 3.31. The summed E-state index contributed by atoms with van der Waals surface area (Å²) in [5.74, 6) is 0. The predicted octanol–water partition coefficient (Wildman–Crippen LogP) is -0.0244. The zero-order valence-electron chi connectivity index (χ0n) is 3.71. The highest BCUT2D eigenvalue weighted by Gasteiger charge is 2.04. The third kappa shape index (κ3) is 4.65. The molecule has 0 nitrogen and oxygen atoms in total. The summed E-state index contributed by atoms with van der Waals surface area (Å²) in [5.41, 5.74) is 0. The molecule has 6 heavy (non-hydrogen) atoms. The minimum absolute atomic E-state index is 0.0417. The van der Waals surface area contributed by atoms with Crippen LogP contribution >= 0.6 is 0 Å². The maximum atomic E-state index is 3.35. The molecule has 0 rings (SSSR count). The molecule has 0 aliphatic heterocycles. The molecule has 0 atom stereocenters. The summed E-state index contributed by atoms with van der Waals surface area (Å²) in [5, 5.41) is 0. The van der Waals surface area contributed by atoms with Crippen molar-refractivity contribution in [1.29, 1.82) is 0 Å². The highest BCUT2D eigenvalue weighted by molar-refractivity contribution is 6.58. The fraction of sp³-hybridized carbons (Fsp3) is 1.00. The zero-order valence-corrected chi connectivity index (χ0v) is 6.71. The second-order valence-electron chi connectivity index (χ2n) is 1.26. The van der Waals surface area contributed by atoms with E-state index in [-0.39, 0.29) is 4.28 Å². The third-order valence-corrected chi connectivity index (χ3v) is 1.59. The molecule has 0 aromatic heterocycles. The van der Waals surface area contributed by atoms with Crippen LogP contribution < -0.4 is 0 Å². The second-order valence-corrected chi connectivity index (χ2v) is 5.32. The number of hydrogen-bond donors (Lipinski definition) is 0. The van der Waals surface area contributed by atoms with Gasteiger partial charge in [-0.1, -0.05) is 17.6 Å². The standard InChI is InChI=1S/C3H5Si3/c1-2-3(4,5)6/h2H2,1H3. The molecule has 0 aliphatic rings. The average Bonchev–Trinajstić information content (AvgIpc) is 1.35. The van der Waals surface area contributed by atoms with Crippen molar-refractivity contribution in [2.45, 2.75) is 17.6 Å². The highest BCUT2D eigenvalue weighted by Crippen LogP contribution is 2.11. The van der Waals surface area contributed by atoms with Gasteiger partial charge in [-0.05, 0) is 0 Å². The Kier molecular flexibility index (Phi) is 2.31. The van der Waals surface area contributed by atoms with Gasteiger partial charge in [0, 0.05) is 30.7 Å². The van der Waals surface area contributed by atoms with Gasteiger partial charge in [0.15, 0.2) is 0 Å². The summed E-state index contributed by atoms with van der Waals surface area (Å²) >= 11 is 0. The van der Waals surface area contributed by atoms with E-state index in [2.05, 4.69) is 37.7 Å². The molecule has 0 N–H and O–H groups in total. The fourth-order valence-electron chi connectivity index (χ4n) is 0. The van der Waals surface area contributed by atoms with Crippen LogP contribution in [-0.4, -0.2) is 30.7 Å². The Morgan fingerprint density at radius 2 is 1.50 bits per heavy atom. The molecule has 0 aromatic carbocycles. The van der Waals surface area contributed by atoms with E-state index in [1.165, 1.54) is 0 Å². The lowest BCUT2D eigenvalue weighted by atomic mass is 10.6. The molecule has 0 bridgehead atoms. The Morgan fingerprint density at radius 1 is 1.33 bits per heavy atom. The lowest BCUT2D eigenvalue weighted by Gasteiger charge is -2.11. The molecular weight excluding hydrogens is 120 g/mol. The van der Waals surface area contributed by atoms with E-state index >= 15 is 0 Å². The Hall–Kier alpha value is 0.651. The van der Waals surface area contributed by atoms with Gasteiger partial charge in [0.25, 0.3) is 0 Å². The SMILES string of the molecule is CCC([Si])([Si])[Si]. The predicted molar refractivity (Wildman–Crippen MR) is 30.2 cm³/mol. The summed E-state index contributed by atoms with van der Waals surface area (Å²) in [6.45, 7) is 2.06. The molecule has 0 amide bonds. The van der Waals surface area contributed by atoms with Crippen LogP contribution in [0.4, 0.5) is 0 Å². The maximum Gasteiger partial charge on any atom is 0.0217 e. The van der Waals surface area contributed by atoms with Crippen LogP contribution in [-0.2, 0) is 0 Å². The second kappa shape index (κ2) is 2.09. The van der Waals surface area contributed by atoms with Crippen molar-refractivity contribution in [3.8, 4) is 0 Å². The topological polar surface area (TPSA) is 0 Å². The van der Waals surface area contributed by atoms with E-state index in [0.717, 1.165) is 6.42 Å². The first kappa shape index (κ1) is 6.65. The van der Waals surface area contributed by atoms with Crippen molar-refractivity contribution in [2.75, 3.05) is 0 Å². The van der Waals surface area contributed by atoms with Gasteiger partial charge in [-0.3, -0.25) is 0 Å². The van der Waals surface area contributed by atoms with Gasteiger partial charge >= 0.3 is 0 Å². The lowest BCUT2D eigenvalue weighted by Crippen LogP contribution is -2.09. The van der Waals surface area contributed by atoms with E-state index in [9.17, 15) is 0 Å². The molecule has 0 aromatic rings. The van der Waals surface area contributed by atoms with Crippen LogP contribution in [0.15, 0.2) is 0 Å². The van der Waals surface area contributed by atoms with Crippen LogP contribution in [0.5, 0.6) is 0 Å². The fourth-order valence-corrected chi connectivity index (χ4v) is 0. The van der Waals surface area contributed by atoms with Gasteiger partial charge in [0.05, 0.1) is 0 Å². The maximum absolute atomic E-state index is 3.35. The Bertz CT molecular complexity index is 35.8. The lowest BCUT2D eigenvalue weighted by molar-refractivity contribution is 0.957. The molecule has 0 aliphatic carbocycles. The minimum Gasteiger partial charge on any atom is -0.0657 e. The van der Waals surface area contributed by atoms with Gasteiger partial charge < -0.3 is 0 Å². The van der Waals surface area contributed by atoms with E-state index in [1.807, 2.05) is 0 Å². The zero-order chi connectivity index (χ0) is 5.21. The smallest absolute Gasteiger partial charge is 0.0217 e. The van der Waals surface area contributed by atoms with Gasteiger partial charge in [-0.2, -0.15) is 0 Å². The Labute approximate surface area is 49.0 Å². The van der Waals surface area contributed by atoms with E-state index < -0.39 is 0 Å². The molecule has 0 heterocycles. The largest absolute Gasteiger partial charge is 0.0657 e. The van der Waals surface area contributed by atoms with Crippen LogP contribution in [0, 0.1) is 0 Å². The van der Waals surface area contributed by atoms with Crippen LogP contribution in [0.3, 0.4) is 0 Å². The molecule has 0 unspecified atom stereocenters. The molecule has 29 valence electrons. The first-order valence-electron chi connectivity index (χ1n) is 1.81. The van der Waals surface area contributed by atoms with E-state index in [0.29, 0.717) is 0 Å². The normalized spacial score (nSPS) is 12.0. The molecule has 3 heteroatoms. The molecule has 0 saturated heterocycles. The molecule has 0 spiro atoms. The monoisotopic (exact) mass is 125 g/mol. The summed E-state index contributed by atoms with van der Waals surface area (Å²) in [6, 6.07) is 0. The van der Waals surface area contributed by atoms with Crippen LogP contribution in [0.1, 0.15) is 13.3 Å². The minimum atomic E-state index is -0.0417. The third-order valence-electron chi connectivity index (χ3n) is 0.530. The van der Waals surface area contributed by atoms with Crippen LogP contribution in [0.25, 0.3) is 0 Å². The average molecular weight is 125 g/mol. The number of hydrogen-bond acceptors (Lipinski definition) is 0. The highest BCUT2D eigenvalue weighted by atomic mass is 28.3. The Balaban J connectivity index is 3.17. The van der Waals surface area contributed by atoms with Gasteiger partial charge in [-0.25, -0.2) is 0 Å². The van der Waals surface area contributed by atoms with Crippen molar-refractivity contribution in [2.24, 2.45) is 0 Å². The van der Waals surface area contributed by atoms with Crippen molar-refractivity contribution in [3.05, 3.63) is 0 Å². The molecule has 0 saturated carbocycles. The van der Waals surface area contributed by atoms with Crippen molar-refractivity contribution >= 4 is 30.7 Å². The van der Waals surface area contributed by atoms with Gasteiger partial charge in [-0.15, -0.1) is 0 Å². The van der Waals surface area contributed by atoms with Gasteiger partial charge in [0.1, 0.15) is 0 Å². The van der Waals surface area contributed by atoms with Crippen molar-refractivity contribution < 1.29 is 0 Å². The Morgan fingerprint density at radius 3 is 1.50 bits per heavy atom. The molecule has 9 radical (unpaired) electrons. The van der Waals surface area contributed by atoms with E-state index in [1.54, 1.807) is 0 Å². The quantitative estimate of drug-likeness (QED) is 0.432. The van der Waals surface area contributed by atoms with Crippen molar-refractivity contribution in [3.63, 3.8) is 0 Å². The molecule has 0 fully saturated rings. The molecular formula is C3H5Si3. The van der Waals surface area contributed by atoms with Crippen LogP contribution in [0.2, 0.25) is 4.28 Å². The summed E-state index contributed by atoms with van der Waals surface area (Å²) in [7, 11) is 10.1. The summed E-state index contributed by atoms with van der Waals surface area (Å²) < 4.78 is -0.0417. The van der Waals surface area contributed by atoms with Crippen molar-refractivity contribution in [1.82, 2.24) is 0 Å². The van der Waals surface area contributed by atoms with Gasteiger partial charge in [0.2, 0.25) is 0 Å². The van der Waals surface area contributed by atoms with E-state index in [4.69, 9.17) is 0 Å².